The Balaban J connectivity index is 0.894. The zero-order chi connectivity index (χ0) is 37.5. The van der Waals surface area contributed by atoms with Crippen molar-refractivity contribution in [2.45, 2.75) is 127 Å². The van der Waals surface area contributed by atoms with Gasteiger partial charge >= 0.3 is 13.1 Å². The van der Waals surface area contributed by atoms with Gasteiger partial charge in [0.2, 0.25) is 0 Å². The van der Waals surface area contributed by atoms with Gasteiger partial charge in [-0.05, 0) is 179 Å². The van der Waals surface area contributed by atoms with E-state index in [4.69, 9.17) is 18.8 Å². The third-order valence-electron chi connectivity index (χ3n) is 14.0. The van der Waals surface area contributed by atoms with E-state index in [0.717, 1.165) is 72.8 Å². The summed E-state index contributed by atoms with van der Waals surface area (Å²) in [5.74, 6) is 3.66. The predicted molar refractivity (Wildman–Crippen MR) is 219 cm³/mol. The van der Waals surface area contributed by atoms with Gasteiger partial charge in [-0.1, -0.05) is 67.4 Å². The number of methoxy groups -OCH3 is 1. The second kappa shape index (κ2) is 15.1. The molecule has 0 radical (unpaired) electrons. The molecule has 1 atom stereocenters. The van der Waals surface area contributed by atoms with E-state index in [1.54, 1.807) is 0 Å². The number of fused-ring (bicyclic) bond motifs is 1. The molecule has 4 saturated carbocycles. The Morgan fingerprint density at radius 3 is 2.04 bits per heavy atom. The summed E-state index contributed by atoms with van der Waals surface area (Å²) in [6.07, 6.45) is 14.2. The van der Waals surface area contributed by atoms with E-state index in [9.17, 15) is 4.79 Å². The minimum atomic E-state index is -0.366. The van der Waals surface area contributed by atoms with Crippen LogP contribution in [0.3, 0.4) is 0 Å². The molecule has 4 aliphatic carbocycles. The largest absolute Gasteiger partial charge is 0.496 e. The van der Waals surface area contributed by atoms with Crippen molar-refractivity contribution in [2.75, 3.05) is 13.7 Å². The lowest BCUT2D eigenvalue weighted by Gasteiger charge is -2.57. The summed E-state index contributed by atoms with van der Waals surface area (Å²) in [6.45, 7) is 8.83. The zero-order valence-corrected chi connectivity index (χ0v) is 33.2. The molecule has 0 amide bonds. The van der Waals surface area contributed by atoms with E-state index in [1.165, 1.54) is 60.8 Å². The molecule has 9 rings (SSSR count). The smallest absolute Gasteiger partial charge is 0.461 e. The van der Waals surface area contributed by atoms with Crippen LogP contribution >= 0.6 is 0 Å². The van der Waals surface area contributed by atoms with Crippen molar-refractivity contribution in [2.24, 2.45) is 17.8 Å². The molecule has 4 bridgehead atoms. The van der Waals surface area contributed by atoms with Crippen LogP contribution in [0.25, 0.3) is 21.9 Å². The summed E-state index contributed by atoms with van der Waals surface area (Å²) >= 11 is 0. The summed E-state index contributed by atoms with van der Waals surface area (Å²) in [4.78, 5) is 13.3. The number of esters is 1. The Hall–Kier alpha value is -3.61. The first-order chi connectivity index (χ1) is 26.0. The van der Waals surface area contributed by atoms with Crippen molar-refractivity contribution in [3.63, 3.8) is 0 Å². The first-order valence-electron chi connectivity index (χ1n) is 20.8. The highest BCUT2D eigenvalue weighted by Gasteiger charge is 2.54. The minimum Gasteiger partial charge on any atom is -0.496 e. The van der Waals surface area contributed by atoms with E-state index in [1.807, 2.05) is 19.2 Å². The molecule has 0 unspecified atom stereocenters. The molecule has 4 aromatic carbocycles. The third kappa shape index (κ3) is 7.63. The number of aryl methyl sites for hydroxylation is 1. The number of benzene rings is 4. The molecule has 5 aliphatic rings. The van der Waals surface area contributed by atoms with Crippen LogP contribution in [0.5, 0.6) is 5.75 Å². The van der Waals surface area contributed by atoms with Gasteiger partial charge in [0.05, 0.1) is 30.5 Å². The fraction of sp³-hybridized carbons (Fsp3) is 0.521. The molecule has 54 heavy (non-hydrogen) atoms. The highest BCUT2D eigenvalue weighted by atomic mass is 16.7. The minimum absolute atomic E-state index is 0.240. The number of hydrogen-bond acceptors (Lipinski definition) is 5. The Labute approximate surface area is 323 Å². The Kier molecular flexibility index (Phi) is 10.5. The summed E-state index contributed by atoms with van der Waals surface area (Å²) < 4.78 is 24.8. The molecule has 5 nitrogen and oxygen atoms in total. The van der Waals surface area contributed by atoms with Gasteiger partial charge in [0.25, 0.3) is 0 Å². The molecule has 0 N–H and O–H groups in total. The van der Waals surface area contributed by atoms with E-state index < -0.39 is 0 Å². The van der Waals surface area contributed by atoms with E-state index in [2.05, 4.69) is 100 Å². The number of unbranched alkanes of at least 4 members (excludes halogenated alkanes) is 1. The highest BCUT2D eigenvalue weighted by Crippen LogP contribution is 2.62. The van der Waals surface area contributed by atoms with Gasteiger partial charge in [0, 0.05) is 5.56 Å². The first kappa shape index (κ1) is 37.3. The molecule has 1 saturated heterocycles. The summed E-state index contributed by atoms with van der Waals surface area (Å²) in [5.41, 5.74) is 5.35. The van der Waals surface area contributed by atoms with Crippen molar-refractivity contribution < 1.29 is 23.6 Å². The highest BCUT2D eigenvalue weighted by molar-refractivity contribution is 6.47. The van der Waals surface area contributed by atoms with Gasteiger partial charge in [0.1, 0.15) is 5.75 Å². The maximum Gasteiger partial charge on any atom is 0.461 e. The lowest BCUT2D eigenvalue weighted by molar-refractivity contribution is -0.00613. The number of carbonyl (C=O) groups excluding carboxylic acids is 1. The molecule has 5 fully saturated rings. The first-order valence-corrected chi connectivity index (χ1v) is 20.8. The molecular weight excluding hydrogens is 667 g/mol. The second-order valence-corrected chi connectivity index (χ2v) is 18.3. The third-order valence-corrected chi connectivity index (χ3v) is 14.0. The van der Waals surface area contributed by atoms with Crippen LogP contribution in [0.1, 0.15) is 120 Å². The van der Waals surface area contributed by atoms with Crippen molar-refractivity contribution in [1.82, 2.24) is 0 Å². The SMILES string of the molecule is COc1ccc(-c2ccc3cc(C(=O)OCCC[C@H](CCCCc4ccccc4)B4OC(C)(C)C(C)(C)O4)ccc3c2)cc1C12CC3CC(CC(C3)C1)C2. The summed E-state index contributed by atoms with van der Waals surface area (Å²) in [7, 11) is 1.57. The number of carbonyl (C=O) groups is 1. The van der Waals surface area contributed by atoms with Crippen LogP contribution in [0.2, 0.25) is 5.82 Å². The summed E-state index contributed by atoms with van der Waals surface area (Å²) in [5, 5.41) is 2.16. The van der Waals surface area contributed by atoms with Gasteiger partial charge < -0.3 is 18.8 Å². The predicted octanol–water partition coefficient (Wildman–Crippen LogP) is 11.8. The number of rotatable bonds is 14. The van der Waals surface area contributed by atoms with Gasteiger partial charge in [0.15, 0.2) is 0 Å². The van der Waals surface area contributed by atoms with Crippen LogP contribution in [-0.4, -0.2) is 38.0 Å². The molecule has 284 valence electrons. The molecule has 1 heterocycles. The average molecular weight is 727 g/mol. The second-order valence-electron chi connectivity index (χ2n) is 18.3. The van der Waals surface area contributed by atoms with Crippen LogP contribution in [-0.2, 0) is 25.9 Å². The molecular formula is C48H59BO5. The molecule has 0 aromatic heterocycles. The Bertz CT molecular complexity index is 1900. The van der Waals surface area contributed by atoms with Gasteiger partial charge in [-0.2, -0.15) is 0 Å². The van der Waals surface area contributed by atoms with Crippen molar-refractivity contribution in [3.05, 3.63) is 102 Å². The van der Waals surface area contributed by atoms with Crippen LogP contribution in [0.15, 0.2) is 84.9 Å². The monoisotopic (exact) mass is 726 g/mol. The lowest BCUT2D eigenvalue weighted by Crippen LogP contribution is -2.48. The van der Waals surface area contributed by atoms with Gasteiger partial charge in [-0.3, -0.25) is 0 Å². The molecule has 1 aliphatic heterocycles. The zero-order valence-electron chi connectivity index (χ0n) is 33.2. The molecule has 6 heteroatoms. The van der Waals surface area contributed by atoms with Crippen LogP contribution in [0, 0.1) is 17.8 Å². The fourth-order valence-corrected chi connectivity index (χ4v) is 10.8. The Morgan fingerprint density at radius 2 is 1.35 bits per heavy atom. The van der Waals surface area contributed by atoms with Crippen molar-refractivity contribution >= 4 is 23.9 Å². The standard InChI is InChI=1S/C48H59BO5/c1-46(2)47(3,4)54-49(53-46)42(15-10-9-14-33-12-7-6-8-13-33)16-11-23-52-45(50)41-20-19-37-27-38(17-18-39(37)28-41)40-21-22-44(51-5)43(29-40)48-30-34-24-35(31-48)26-36(25-34)32-48/h6-8,12-13,17-22,27-29,34-36,42H,9-11,14-16,23-26,30-32H2,1-5H3/t34?,35?,36?,42-,48?/m0/s1. The van der Waals surface area contributed by atoms with Crippen molar-refractivity contribution in [1.29, 1.82) is 0 Å². The van der Waals surface area contributed by atoms with E-state index >= 15 is 0 Å². The van der Waals surface area contributed by atoms with Crippen molar-refractivity contribution in [3.8, 4) is 16.9 Å². The summed E-state index contributed by atoms with van der Waals surface area (Å²) in [6, 6.07) is 30.0. The quantitative estimate of drug-likeness (QED) is 0.0736. The van der Waals surface area contributed by atoms with Crippen LogP contribution in [0.4, 0.5) is 0 Å². The molecule has 4 aromatic rings. The maximum atomic E-state index is 13.3. The van der Waals surface area contributed by atoms with Gasteiger partial charge in [-0.25, -0.2) is 4.79 Å². The van der Waals surface area contributed by atoms with Crippen LogP contribution < -0.4 is 4.74 Å². The molecule has 0 spiro atoms. The topological polar surface area (TPSA) is 54.0 Å². The Morgan fingerprint density at radius 1 is 0.741 bits per heavy atom. The number of hydrogen-bond donors (Lipinski definition) is 0. The lowest BCUT2D eigenvalue weighted by atomic mass is 9.48. The van der Waals surface area contributed by atoms with Gasteiger partial charge in [-0.15, -0.1) is 0 Å². The maximum absolute atomic E-state index is 13.3. The normalized spacial score (nSPS) is 25.6. The fourth-order valence-electron chi connectivity index (χ4n) is 10.8. The average Bonchev–Trinajstić information content (AvgIpc) is 3.38. The van der Waals surface area contributed by atoms with E-state index in [-0.39, 0.29) is 35.5 Å². The van der Waals surface area contributed by atoms with E-state index in [0.29, 0.717) is 12.2 Å². The number of ether oxygens (including phenoxy) is 2.